The number of benzene rings is 1. The van der Waals surface area contributed by atoms with Crippen LogP contribution in [-0.4, -0.2) is 20.9 Å². The van der Waals surface area contributed by atoms with Crippen molar-refractivity contribution in [3.8, 4) is 0 Å². The Bertz CT molecular complexity index is 533. The van der Waals surface area contributed by atoms with Gasteiger partial charge >= 0.3 is 0 Å². The van der Waals surface area contributed by atoms with Gasteiger partial charge in [-0.25, -0.2) is 4.68 Å². The van der Waals surface area contributed by atoms with Crippen molar-refractivity contribution in [1.29, 1.82) is 0 Å². The van der Waals surface area contributed by atoms with Crippen molar-refractivity contribution >= 4 is 5.91 Å². The summed E-state index contributed by atoms with van der Waals surface area (Å²) >= 11 is 0. The van der Waals surface area contributed by atoms with Gasteiger partial charge in [-0.1, -0.05) is 42.5 Å². The van der Waals surface area contributed by atoms with Gasteiger partial charge in [0.05, 0.1) is 24.4 Å². The van der Waals surface area contributed by atoms with Crippen LogP contribution in [0.2, 0.25) is 0 Å². The highest BCUT2D eigenvalue weighted by Crippen LogP contribution is 2.10. The van der Waals surface area contributed by atoms with E-state index < -0.39 is 0 Å². The predicted octanol–water partition coefficient (Wildman–Crippen LogP) is 0.917. The average molecular weight is 244 g/mol. The fourth-order valence-corrected chi connectivity index (χ4v) is 1.94. The molecule has 0 atom stereocenters. The summed E-state index contributed by atoms with van der Waals surface area (Å²) in [6.07, 6.45) is 0.931. The summed E-state index contributed by atoms with van der Waals surface area (Å²) in [4.78, 5) is 10.9. The molecule has 5 nitrogen and oxygen atoms in total. The third-order valence-electron chi connectivity index (χ3n) is 2.77. The first-order chi connectivity index (χ1) is 8.70. The highest BCUT2D eigenvalue weighted by Gasteiger charge is 2.13. The van der Waals surface area contributed by atoms with Crippen LogP contribution in [-0.2, 0) is 24.2 Å². The molecule has 94 valence electrons. The van der Waals surface area contributed by atoms with Crippen LogP contribution in [0.5, 0.6) is 0 Å². The van der Waals surface area contributed by atoms with Gasteiger partial charge in [-0.15, -0.1) is 5.10 Å². The van der Waals surface area contributed by atoms with Crippen molar-refractivity contribution in [3.63, 3.8) is 0 Å². The number of primary amides is 1. The molecule has 0 saturated carbocycles. The number of carbonyl (C=O) groups excluding carboxylic acids is 1. The van der Waals surface area contributed by atoms with E-state index in [0.717, 1.165) is 17.7 Å². The zero-order chi connectivity index (χ0) is 13.0. The van der Waals surface area contributed by atoms with Crippen molar-refractivity contribution < 1.29 is 4.79 Å². The molecule has 0 spiro atoms. The first kappa shape index (κ1) is 12.3. The minimum Gasteiger partial charge on any atom is -0.369 e. The SMILES string of the molecule is CCc1c(CC(N)=O)nnn1Cc1ccccc1. The molecule has 5 heteroatoms. The molecule has 0 aliphatic rings. The van der Waals surface area contributed by atoms with E-state index in [0.29, 0.717) is 12.2 Å². The maximum Gasteiger partial charge on any atom is 0.223 e. The predicted molar refractivity (Wildman–Crippen MR) is 67.8 cm³/mol. The van der Waals surface area contributed by atoms with Crippen molar-refractivity contribution in [2.24, 2.45) is 5.73 Å². The fourth-order valence-electron chi connectivity index (χ4n) is 1.94. The van der Waals surface area contributed by atoms with Crippen molar-refractivity contribution in [3.05, 3.63) is 47.3 Å². The van der Waals surface area contributed by atoms with Crippen LogP contribution in [0.4, 0.5) is 0 Å². The number of nitrogens with zero attached hydrogens (tertiary/aromatic N) is 3. The number of hydrogen-bond acceptors (Lipinski definition) is 3. The zero-order valence-corrected chi connectivity index (χ0v) is 10.3. The van der Waals surface area contributed by atoms with E-state index in [-0.39, 0.29) is 12.3 Å². The number of amides is 1. The molecule has 1 amide bonds. The minimum atomic E-state index is -0.378. The van der Waals surface area contributed by atoms with Crippen LogP contribution >= 0.6 is 0 Å². The molecule has 2 N–H and O–H groups in total. The first-order valence-corrected chi connectivity index (χ1v) is 5.94. The third-order valence-corrected chi connectivity index (χ3v) is 2.77. The van der Waals surface area contributed by atoms with E-state index in [9.17, 15) is 4.79 Å². The minimum absolute atomic E-state index is 0.151. The van der Waals surface area contributed by atoms with E-state index in [2.05, 4.69) is 10.3 Å². The number of hydrogen-bond donors (Lipinski definition) is 1. The second kappa shape index (κ2) is 5.44. The Labute approximate surface area is 106 Å². The van der Waals surface area contributed by atoms with E-state index in [4.69, 9.17) is 5.73 Å². The van der Waals surface area contributed by atoms with Gasteiger partial charge in [-0.2, -0.15) is 0 Å². The quantitative estimate of drug-likeness (QED) is 0.849. The highest BCUT2D eigenvalue weighted by atomic mass is 16.1. The zero-order valence-electron chi connectivity index (χ0n) is 10.3. The summed E-state index contributed by atoms with van der Waals surface area (Å²) in [7, 11) is 0. The summed E-state index contributed by atoms with van der Waals surface area (Å²) in [5, 5.41) is 8.13. The van der Waals surface area contributed by atoms with Crippen molar-refractivity contribution in [1.82, 2.24) is 15.0 Å². The summed E-state index contributed by atoms with van der Waals surface area (Å²) in [6, 6.07) is 10.0. The summed E-state index contributed by atoms with van der Waals surface area (Å²) in [6.45, 7) is 2.68. The van der Waals surface area contributed by atoms with Gasteiger partial charge in [0.1, 0.15) is 0 Å². The molecular formula is C13H16N4O. The second-order valence-corrected chi connectivity index (χ2v) is 4.12. The molecule has 0 aliphatic carbocycles. The third kappa shape index (κ3) is 2.74. The molecule has 0 aliphatic heterocycles. The number of nitrogens with two attached hydrogens (primary N) is 1. The average Bonchev–Trinajstić information content (AvgIpc) is 2.72. The molecule has 2 aromatic rings. The Balaban J connectivity index is 2.23. The fraction of sp³-hybridized carbons (Fsp3) is 0.308. The van der Waals surface area contributed by atoms with Crippen molar-refractivity contribution in [2.45, 2.75) is 26.3 Å². The lowest BCUT2D eigenvalue weighted by Crippen LogP contribution is -2.15. The van der Waals surface area contributed by atoms with Gasteiger partial charge in [0.15, 0.2) is 0 Å². The lowest BCUT2D eigenvalue weighted by Gasteiger charge is -2.05. The van der Waals surface area contributed by atoms with Gasteiger partial charge in [-0.05, 0) is 12.0 Å². The molecule has 0 saturated heterocycles. The Morgan fingerprint density at radius 3 is 2.67 bits per heavy atom. The molecule has 0 radical (unpaired) electrons. The molecule has 2 rings (SSSR count). The number of rotatable bonds is 5. The molecule has 1 aromatic carbocycles. The molecule has 18 heavy (non-hydrogen) atoms. The summed E-state index contributed by atoms with van der Waals surface area (Å²) in [5.41, 5.74) is 8.00. The van der Waals surface area contributed by atoms with Gasteiger partial charge < -0.3 is 5.73 Å². The second-order valence-electron chi connectivity index (χ2n) is 4.12. The molecule has 0 unspecified atom stereocenters. The molecule has 1 heterocycles. The van der Waals surface area contributed by atoms with E-state index >= 15 is 0 Å². The lowest BCUT2D eigenvalue weighted by molar-refractivity contribution is -0.117. The van der Waals surface area contributed by atoms with Crippen LogP contribution in [0, 0.1) is 0 Å². The molecular weight excluding hydrogens is 228 g/mol. The molecule has 1 aromatic heterocycles. The van der Waals surface area contributed by atoms with Crippen molar-refractivity contribution in [2.75, 3.05) is 0 Å². The van der Waals surface area contributed by atoms with Gasteiger partial charge in [0.25, 0.3) is 0 Å². The first-order valence-electron chi connectivity index (χ1n) is 5.94. The largest absolute Gasteiger partial charge is 0.369 e. The maximum absolute atomic E-state index is 10.9. The van der Waals surface area contributed by atoms with Gasteiger partial charge in [0, 0.05) is 0 Å². The number of carbonyl (C=O) groups is 1. The smallest absolute Gasteiger partial charge is 0.223 e. The maximum atomic E-state index is 10.9. The van der Waals surface area contributed by atoms with Crippen LogP contribution in [0.25, 0.3) is 0 Å². The van der Waals surface area contributed by atoms with Crippen LogP contribution in [0.3, 0.4) is 0 Å². The Morgan fingerprint density at radius 2 is 2.06 bits per heavy atom. The molecule has 0 fully saturated rings. The Kier molecular flexibility index (Phi) is 3.72. The van der Waals surface area contributed by atoms with E-state index in [1.54, 1.807) is 0 Å². The van der Waals surface area contributed by atoms with Gasteiger partial charge in [-0.3, -0.25) is 4.79 Å². The number of aromatic nitrogens is 3. The van der Waals surface area contributed by atoms with E-state index in [1.165, 1.54) is 0 Å². The lowest BCUT2D eigenvalue weighted by atomic mass is 10.2. The van der Waals surface area contributed by atoms with Crippen LogP contribution in [0.1, 0.15) is 23.9 Å². The summed E-state index contributed by atoms with van der Waals surface area (Å²) < 4.78 is 1.83. The normalized spacial score (nSPS) is 10.5. The van der Waals surface area contributed by atoms with Crippen LogP contribution in [0.15, 0.2) is 30.3 Å². The summed E-state index contributed by atoms with van der Waals surface area (Å²) in [5.74, 6) is -0.378. The molecule has 0 bridgehead atoms. The van der Waals surface area contributed by atoms with Gasteiger partial charge in [0.2, 0.25) is 5.91 Å². The monoisotopic (exact) mass is 244 g/mol. The standard InChI is InChI=1S/C13H16N4O/c1-2-12-11(8-13(14)18)15-16-17(12)9-10-6-4-3-5-7-10/h3-7H,2,8-9H2,1H3,(H2,14,18). The van der Waals surface area contributed by atoms with E-state index in [1.807, 2.05) is 41.9 Å². The van der Waals surface area contributed by atoms with Crippen LogP contribution < -0.4 is 5.73 Å². The topological polar surface area (TPSA) is 73.8 Å². The Morgan fingerprint density at radius 1 is 1.33 bits per heavy atom. The highest BCUT2D eigenvalue weighted by molar-refractivity contribution is 5.76. The Hall–Kier alpha value is -2.17.